The van der Waals surface area contributed by atoms with Crippen molar-refractivity contribution < 1.29 is 27.8 Å². The normalized spacial score (nSPS) is 22.1. The van der Waals surface area contributed by atoms with Gasteiger partial charge < -0.3 is 14.6 Å². The fourth-order valence-electron chi connectivity index (χ4n) is 2.32. The zero-order valence-corrected chi connectivity index (χ0v) is 11.6. The van der Waals surface area contributed by atoms with Gasteiger partial charge >= 0.3 is 6.18 Å². The first-order chi connectivity index (χ1) is 9.87. The summed E-state index contributed by atoms with van der Waals surface area (Å²) in [5.41, 5.74) is -2.69. The molecule has 3 nitrogen and oxygen atoms in total. The van der Waals surface area contributed by atoms with Crippen molar-refractivity contribution in [2.75, 3.05) is 7.11 Å². The second-order valence-electron chi connectivity index (χ2n) is 5.00. The summed E-state index contributed by atoms with van der Waals surface area (Å²) in [4.78, 5) is 0. The van der Waals surface area contributed by atoms with Gasteiger partial charge in [-0.3, -0.25) is 0 Å². The van der Waals surface area contributed by atoms with Gasteiger partial charge in [0.15, 0.2) is 11.9 Å². The third kappa shape index (κ3) is 3.39. The first-order valence-electron chi connectivity index (χ1n) is 6.57. The summed E-state index contributed by atoms with van der Waals surface area (Å²) < 4.78 is 50.1. The number of rotatable bonds is 4. The zero-order chi connectivity index (χ0) is 15.5. The molecule has 0 saturated carbocycles. The van der Waals surface area contributed by atoms with Gasteiger partial charge in [0.1, 0.15) is 0 Å². The fraction of sp³-hybridized carbons (Fsp3) is 0.467. The lowest BCUT2D eigenvalue weighted by molar-refractivity contribution is -0.247. The first-order valence-corrected chi connectivity index (χ1v) is 6.57. The molecule has 1 N–H and O–H groups in total. The molecule has 2 rings (SSSR count). The van der Waals surface area contributed by atoms with E-state index in [0.717, 1.165) is 6.26 Å². The average Bonchev–Trinajstić information content (AvgIpc) is 2.47. The van der Waals surface area contributed by atoms with Gasteiger partial charge in [0.05, 0.1) is 6.26 Å². The molecule has 0 bridgehead atoms. The summed E-state index contributed by atoms with van der Waals surface area (Å²) in [5.74, 6) is 0. The fourth-order valence-corrected chi connectivity index (χ4v) is 2.32. The Kier molecular flexibility index (Phi) is 4.58. The van der Waals surface area contributed by atoms with Crippen molar-refractivity contribution >= 4 is 0 Å². The van der Waals surface area contributed by atoms with E-state index in [1.807, 2.05) is 0 Å². The first kappa shape index (κ1) is 15.9. The second kappa shape index (κ2) is 6.07. The van der Waals surface area contributed by atoms with Crippen LogP contribution >= 0.6 is 0 Å². The highest BCUT2D eigenvalue weighted by Crippen LogP contribution is 2.42. The van der Waals surface area contributed by atoms with Gasteiger partial charge in [0.25, 0.3) is 0 Å². The molecule has 0 aromatic heterocycles. The van der Waals surface area contributed by atoms with Gasteiger partial charge in [-0.25, -0.2) is 0 Å². The number of aliphatic hydroxyl groups is 1. The number of methoxy groups -OCH3 is 1. The minimum atomic E-state index is -4.78. The summed E-state index contributed by atoms with van der Waals surface area (Å²) in [6.07, 6.45) is -4.56. The lowest BCUT2D eigenvalue weighted by Gasteiger charge is -2.35. The number of ether oxygens (including phenoxy) is 2. The summed E-state index contributed by atoms with van der Waals surface area (Å²) >= 11 is 0. The predicted molar refractivity (Wildman–Crippen MR) is 70.3 cm³/mol. The van der Waals surface area contributed by atoms with Crippen molar-refractivity contribution in [3.63, 3.8) is 0 Å². The maximum Gasteiger partial charge on any atom is 0.421 e. The third-order valence-corrected chi connectivity index (χ3v) is 3.58. The van der Waals surface area contributed by atoms with Crippen LogP contribution < -0.4 is 0 Å². The minimum Gasteiger partial charge on any atom is -0.472 e. The van der Waals surface area contributed by atoms with Gasteiger partial charge in [-0.15, -0.1) is 0 Å². The van der Waals surface area contributed by atoms with Crippen LogP contribution in [0.4, 0.5) is 13.2 Å². The van der Waals surface area contributed by atoms with E-state index in [2.05, 4.69) is 0 Å². The van der Waals surface area contributed by atoms with Gasteiger partial charge in [0, 0.05) is 25.5 Å². The smallest absolute Gasteiger partial charge is 0.421 e. The molecule has 0 saturated heterocycles. The molecule has 2 atom stereocenters. The molecule has 1 aromatic rings. The van der Waals surface area contributed by atoms with Gasteiger partial charge in [-0.05, 0) is 12.0 Å². The monoisotopic (exact) mass is 302 g/mol. The van der Waals surface area contributed by atoms with Crippen LogP contribution in [-0.2, 0) is 15.9 Å². The van der Waals surface area contributed by atoms with E-state index < -0.39 is 24.5 Å². The van der Waals surface area contributed by atoms with Crippen LogP contribution in [0.1, 0.15) is 18.4 Å². The van der Waals surface area contributed by atoms with Gasteiger partial charge in [-0.2, -0.15) is 13.2 Å². The van der Waals surface area contributed by atoms with Crippen LogP contribution in [0, 0.1) is 0 Å². The van der Waals surface area contributed by atoms with Crippen LogP contribution in [0.2, 0.25) is 0 Å². The van der Waals surface area contributed by atoms with Crippen molar-refractivity contribution in [3.8, 4) is 0 Å². The van der Waals surface area contributed by atoms with Crippen molar-refractivity contribution in [1.82, 2.24) is 0 Å². The molecule has 6 heteroatoms. The summed E-state index contributed by atoms with van der Waals surface area (Å²) in [7, 11) is 1.42. The number of halogens is 3. The largest absolute Gasteiger partial charge is 0.472 e. The highest BCUT2D eigenvalue weighted by Gasteiger charge is 2.56. The molecule has 0 unspecified atom stereocenters. The molecule has 0 aliphatic carbocycles. The Morgan fingerprint density at radius 1 is 1.29 bits per heavy atom. The van der Waals surface area contributed by atoms with Gasteiger partial charge in [-0.1, -0.05) is 30.3 Å². The molecule has 1 aromatic carbocycles. The predicted octanol–water partition coefficient (Wildman–Crippen LogP) is 3.19. The highest BCUT2D eigenvalue weighted by atomic mass is 19.4. The van der Waals surface area contributed by atoms with Crippen LogP contribution in [0.5, 0.6) is 0 Å². The Hall–Kier alpha value is -1.53. The molecular weight excluding hydrogens is 285 g/mol. The second-order valence-corrected chi connectivity index (χ2v) is 5.00. The molecule has 1 aliphatic rings. The van der Waals surface area contributed by atoms with E-state index in [0.29, 0.717) is 5.56 Å². The van der Waals surface area contributed by atoms with E-state index >= 15 is 0 Å². The van der Waals surface area contributed by atoms with Crippen molar-refractivity contribution in [3.05, 3.63) is 47.7 Å². The quantitative estimate of drug-likeness (QED) is 0.928. The van der Waals surface area contributed by atoms with Crippen LogP contribution in [0.15, 0.2) is 42.2 Å². The van der Waals surface area contributed by atoms with Crippen molar-refractivity contribution in [1.29, 1.82) is 0 Å². The summed E-state index contributed by atoms with van der Waals surface area (Å²) in [5, 5.41) is 10.3. The highest BCUT2D eigenvalue weighted by molar-refractivity contribution is 5.27. The SMILES string of the molecule is CO[C@@H]1CCC([C@](O)(Cc2ccccc2)C(F)(F)F)=CO1. The maximum atomic E-state index is 13.4. The van der Waals surface area contributed by atoms with Crippen LogP contribution in [-0.4, -0.2) is 30.3 Å². The topological polar surface area (TPSA) is 38.7 Å². The number of hydrogen-bond acceptors (Lipinski definition) is 3. The van der Waals surface area contributed by atoms with Crippen molar-refractivity contribution in [2.45, 2.75) is 37.3 Å². The van der Waals surface area contributed by atoms with Gasteiger partial charge in [0.2, 0.25) is 0 Å². The Morgan fingerprint density at radius 2 is 1.95 bits per heavy atom. The zero-order valence-electron chi connectivity index (χ0n) is 11.6. The molecular formula is C15H17F3O3. The molecule has 116 valence electrons. The minimum absolute atomic E-state index is 0.0708. The van der Waals surface area contributed by atoms with E-state index in [-0.39, 0.29) is 18.4 Å². The lowest BCUT2D eigenvalue weighted by Crippen LogP contribution is -2.49. The van der Waals surface area contributed by atoms with E-state index in [4.69, 9.17) is 9.47 Å². The van der Waals surface area contributed by atoms with Crippen LogP contribution in [0.3, 0.4) is 0 Å². The molecule has 21 heavy (non-hydrogen) atoms. The molecule has 1 heterocycles. The summed E-state index contributed by atoms with van der Waals surface area (Å²) in [6.45, 7) is 0. The van der Waals surface area contributed by atoms with E-state index in [9.17, 15) is 18.3 Å². The molecule has 0 radical (unpaired) electrons. The Balaban J connectivity index is 2.28. The Morgan fingerprint density at radius 3 is 2.43 bits per heavy atom. The standard InChI is InChI=1S/C15H17F3O3/c1-20-13-8-7-12(10-21-13)14(19,15(16,17)18)9-11-5-3-2-4-6-11/h2-6,10,13,19H,7-9H2,1H3/t13-,14+/m0/s1. The third-order valence-electron chi connectivity index (χ3n) is 3.58. The lowest BCUT2D eigenvalue weighted by atomic mass is 9.84. The number of hydrogen-bond donors (Lipinski definition) is 1. The molecule has 0 fully saturated rings. The molecule has 0 amide bonds. The summed E-state index contributed by atoms with van der Waals surface area (Å²) in [6, 6.07) is 8.10. The molecule has 0 spiro atoms. The maximum absolute atomic E-state index is 13.4. The number of benzene rings is 1. The Bertz CT molecular complexity index is 499. The van der Waals surface area contributed by atoms with E-state index in [1.54, 1.807) is 30.3 Å². The number of alkyl halides is 3. The van der Waals surface area contributed by atoms with Crippen molar-refractivity contribution in [2.24, 2.45) is 0 Å². The average molecular weight is 302 g/mol. The van der Waals surface area contributed by atoms with Crippen LogP contribution in [0.25, 0.3) is 0 Å². The molecule has 1 aliphatic heterocycles. The Labute approximate surface area is 121 Å². The van der Waals surface area contributed by atoms with E-state index in [1.165, 1.54) is 7.11 Å².